The van der Waals surface area contributed by atoms with E-state index in [4.69, 9.17) is 5.73 Å². The lowest BCUT2D eigenvalue weighted by atomic mass is 9.72. The van der Waals surface area contributed by atoms with Gasteiger partial charge in [-0.05, 0) is 31.4 Å². The molecule has 1 heterocycles. The number of para-hydroxylation sites is 1. The summed E-state index contributed by atoms with van der Waals surface area (Å²) in [6.45, 7) is 0. The molecule has 0 radical (unpaired) electrons. The molecule has 1 aliphatic carbocycles. The van der Waals surface area contributed by atoms with Crippen LogP contribution in [-0.2, 0) is 9.59 Å². The number of hydrogen-bond donors (Lipinski definition) is 1. The van der Waals surface area contributed by atoms with Crippen molar-refractivity contribution in [3.05, 3.63) is 30.1 Å². The van der Waals surface area contributed by atoms with Crippen LogP contribution in [0.3, 0.4) is 0 Å². The van der Waals surface area contributed by atoms with Gasteiger partial charge in [0, 0.05) is 0 Å². The maximum atomic E-state index is 14.1. The van der Waals surface area contributed by atoms with Crippen LogP contribution in [-0.4, -0.2) is 17.9 Å². The molecule has 1 aromatic rings. The Morgan fingerprint density at radius 1 is 1.24 bits per heavy atom. The molecule has 1 aromatic carbocycles. The average molecular weight is 290 g/mol. The van der Waals surface area contributed by atoms with Crippen LogP contribution < -0.4 is 10.6 Å². The minimum atomic E-state index is -0.743. The Hall–Kier alpha value is -1.91. The van der Waals surface area contributed by atoms with E-state index in [1.54, 1.807) is 12.1 Å². The number of carbonyl (C=O) groups excluding carboxylic acids is 2. The first-order valence-electron chi connectivity index (χ1n) is 7.43. The minimum Gasteiger partial charge on any atom is -0.368 e. The highest BCUT2D eigenvalue weighted by Crippen LogP contribution is 2.48. The Morgan fingerprint density at radius 2 is 1.90 bits per heavy atom. The topological polar surface area (TPSA) is 63.4 Å². The first-order chi connectivity index (χ1) is 10.1. The standard InChI is InChI=1S/C16H19FN2O2/c17-11-6-2-3-7-12(11)19-13(14(18)20)10-16(15(19)21)8-4-1-5-9-16/h2-3,6-7,13H,1,4-5,8-10H2,(H2,18,20). The molecule has 112 valence electrons. The monoisotopic (exact) mass is 290 g/mol. The second-order valence-corrected chi connectivity index (χ2v) is 6.09. The van der Waals surface area contributed by atoms with Gasteiger partial charge in [0.05, 0.1) is 11.1 Å². The van der Waals surface area contributed by atoms with Crippen molar-refractivity contribution in [2.45, 2.75) is 44.6 Å². The molecule has 1 saturated carbocycles. The first-order valence-corrected chi connectivity index (χ1v) is 7.43. The van der Waals surface area contributed by atoms with Crippen LogP contribution in [0.4, 0.5) is 10.1 Å². The maximum absolute atomic E-state index is 14.1. The largest absolute Gasteiger partial charge is 0.368 e. The molecule has 1 saturated heterocycles. The summed E-state index contributed by atoms with van der Waals surface area (Å²) in [5, 5.41) is 0. The van der Waals surface area contributed by atoms with Crippen molar-refractivity contribution >= 4 is 17.5 Å². The summed E-state index contributed by atoms with van der Waals surface area (Å²) in [6.07, 6.45) is 5.00. The van der Waals surface area contributed by atoms with Gasteiger partial charge in [-0.25, -0.2) is 4.39 Å². The van der Waals surface area contributed by atoms with Crippen molar-refractivity contribution in [3.63, 3.8) is 0 Å². The quantitative estimate of drug-likeness (QED) is 0.908. The van der Waals surface area contributed by atoms with E-state index in [1.807, 2.05) is 0 Å². The number of benzene rings is 1. The Morgan fingerprint density at radius 3 is 2.52 bits per heavy atom. The fourth-order valence-corrected chi connectivity index (χ4v) is 3.74. The third-order valence-corrected chi connectivity index (χ3v) is 4.82. The van der Waals surface area contributed by atoms with Gasteiger partial charge in [0.15, 0.2) is 0 Å². The zero-order chi connectivity index (χ0) is 15.0. The van der Waals surface area contributed by atoms with Gasteiger partial charge in [-0.2, -0.15) is 0 Å². The Labute approximate surface area is 123 Å². The fourth-order valence-electron chi connectivity index (χ4n) is 3.74. The average Bonchev–Trinajstić information content (AvgIpc) is 2.74. The predicted molar refractivity (Wildman–Crippen MR) is 77.0 cm³/mol. The van der Waals surface area contributed by atoms with Crippen molar-refractivity contribution in [2.75, 3.05) is 4.90 Å². The van der Waals surface area contributed by atoms with Crippen molar-refractivity contribution < 1.29 is 14.0 Å². The predicted octanol–water partition coefficient (Wildman–Crippen LogP) is 2.37. The van der Waals surface area contributed by atoms with Crippen LogP contribution in [0, 0.1) is 11.2 Å². The number of nitrogens with zero attached hydrogens (tertiary/aromatic N) is 1. The number of halogens is 1. The Balaban J connectivity index is 2.03. The number of hydrogen-bond acceptors (Lipinski definition) is 2. The summed E-state index contributed by atoms with van der Waals surface area (Å²) in [5.41, 5.74) is 5.11. The molecule has 1 unspecified atom stereocenters. The molecule has 0 aromatic heterocycles. The van der Waals surface area contributed by atoms with Crippen LogP contribution in [0.15, 0.2) is 24.3 Å². The molecular formula is C16H19FN2O2. The third kappa shape index (κ3) is 2.20. The molecular weight excluding hydrogens is 271 g/mol. The second kappa shape index (κ2) is 5.13. The normalized spacial score (nSPS) is 24.5. The summed E-state index contributed by atoms with van der Waals surface area (Å²) >= 11 is 0. The van der Waals surface area contributed by atoms with E-state index in [2.05, 4.69) is 0 Å². The molecule has 1 aliphatic heterocycles. The van der Waals surface area contributed by atoms with Gasteiger partial charge in [0.2, 0.25) is 11.8 Å². The molecule has 0 bridgehead atoms. The number of amides is 2. The van der Waals surface area contributed by atoms with Gasteiger partial charge < -0.3 is 5.73 Å². The molecule has 3 rings (SSSR count). The van der Waals surface area contributed by atoms with Crippen molar-refractivity contribution in [2.24, 2.45) is 11.1 Å². The molecule has 5 heteroatoms. The van der Waals surface area contributed by atoms with E-state index in [-0.39, 0.29) is 11.6 Å². The Kier molecular flexibility index (Phi) is 3.43. The smallest absolute Gasteiger partial charge is 0.240 e. The summed E-state index contributed by atoms with van der Waals surface area (Å²) in [5.74, 6) is -1.20. The van der Waals surface area contributed by atoms with E-state index < -0.39 is 23.2 Å². The lowest BCUT2D eigenvalue weighted by Crippen LogP contribution is -2.43. The SMILES string of the molecule is NC(=O)C1CC2(CCCCC2)C(=O)N1c1ccccc1F. The highest BCUT2D eigenvalue weighted by atomic mass is 19.1. The summed E-state index contributed by atoms with van der Waals surface area (Å²) in [6, 6.07) is 5.31. The van der Waals surface area contributed by atoms with E-state index >= 15 is 0 Å². The summed E-state index contributed by atoms with van der Waals surface area (Å²) in [7, 11) is 0. The molecule has 1 atom stereocenters. The Bertz CT molecular complexity index is 581. The second-order valence-electron chi connectivity index (χ2n) is 6.09. The van der Waals surface area contributed by atoms with Crippen LogP contribution >= 0.6 is 0 Å². The van der Waals surface area contributed by atoms with Gasteiger partial charge in [-0.1, -0.05) is 31.4 Å². The zero-order valence-corrected chi connectivity index (χ0v) is 11.8. The molecule has 1 spiro atoms. The lowest BCUT2D eigenvalue weighted by Gasteiger charge is -2.31. The highest BCUT2D eigenvalue weighted by molar-refractivity contribution is 6.06. The number of nitrogens with two attached hydrogens (primary N) is 1. The first kappa shape index (κ1) is 14.0. The van der Waals surface area contributed by atoms with Gasteiger partial charge in [-0.15, -0.1) is 0 Å². The van der Waals surface area contributed by atoms with Gasteiger partial charge in [0.25, 0.3) is 0 Å². The van der Waals surface area contributed by atoms with Gasteiger partial charge in [-0.3, -0.25) is 14.5 Å². The van der Waals surface area contributed by atoms with Crippen LogP contribution in [0.2, 0.25) is 0 Å². The van der Waals surface area contributed by atoms with Crippen LogP contribution in [0.25, 0.3) is 0 Å². The number of anilines is 1. The third-order valence-electron chi connectivity index (χ3n) is 4.82. The van der Waals surface area contributed by atoms with Crippen molar-refractivity contribution in [1.82, 2.24) is 0 Å². The molecule has 2 aliphatic rings. The lowest BCUT2D eigenvalue weighted by molar-refractivity contribution is -0.127. The molecule has 21 heavy (non-hydrogen) atoms. The zero-order valence-electron chi connectivity index (χ0n) is 11.8. The highest BCUT2D eigenvalue weighted by Gasteiger charge is 2.54. The van der Waals surface area contributed by atoms with Crippen molar-refractivity contribution in [3.8, 4) is 0 Å². The summed E-state index contributed by atoms with van der Waals surface area (Å²) < 4.78 is 14.1. The van der Waals surface area contributed by atoms with Gasteiger partial charge in [0.1, 0.15) is 11.9 Å². The van der Waals surface area contributed by atoms with E-state index in [0.29, 0.717) is 6.42 Å². The van der Waals surface area contributed by atoms with E-state index in [9.17, 15) is 14.0 Å². The summed E-state index contributed by atoms with van der Waals surface area (Å²) in [4.78, 5) is 26.0. The fraction of sp³-hybridized carbons (Fsp3) is 0.500. The minimum absolute atomic E-state index is 0.142. The molecule has 2 N–H and O–H groups in total. The molecule has 2 fully saturated rings. The number of carbonyl (C=O) groups is 2. The van der Waals surface area contributed by atoms with Crippen LogP contribution in [0.5, 0.6) is 0 Å². The maximum Gasteiger partial charge on any atom is 0.240 e. The molecule has 4 nitrogen and oxygen atoms in total. The van der Waals surface area contributed by atoms with E-state index in [0.717, 1.165) is 32.1 Å². The number of primary amides is 1. The van der Waals surface area contributed by atoms with Crippen LogP contribution in [0.1, 0.15) is 38.5 Å². The van der Waals surface area contributed by atoms with Crippen molar-refractivity contribution in [1.29, 1.82) is 0 Å². The number of rotatable bonds is 2. The van der Waals surface area contributed by atoms with E-state index in [1.165, 1.54) is 17.0 Å². The molecule has 2 amide bonds. The van der Waals surface area contributed by atoms with Gasteiger partial charge >= 0.3 is 0 Å².